The number of carbonyl (C=O) groups excluding carboxylic acids is 1. The minimum absolute atomic E-state index is 0.0840. The minimum atomic E-state index is 0.0840. The number of hydrogen-bond acceptors (Lipinski definition) is 5. The van der Waals surface area contributed by atoms with Gasteiger partial charge >= 0.3 is 0 Å². The van der Waals surface area contributed by atoms with E-state index in [1.165, 1.54) is 11.4 Å². The van der Waals surface area contributed by atoms with Crippen molar-refractivity contribution in [1.82, 2.24) is 14.8 Å². The van der Waals surface area contributed by atoms with Gasteiger partial charge in [-0.15, -0.1) is 11.3 Å². The number of aromatic nitrogens is 1. The van der Waals surface area contributed by atoms with Crippen molar-refractivity contribution in [3.05, 3.63) is 16.6 Å². The number of likely N-dealkylation sites (tertiary alicyclic amines) is 2. The number of carbonyl (C=O) groups is 1. The van der Waals surface area contributed by atoms with Gasteiger partial charge in [0.15, 0.2) is 0 Å². The molecule has 3 aliphatic heterocycles. The van der Waals surface area contributed by atoms with E-state index >= 15 is 0 Å². The molecule has 0 saturated carbocycles. The van der Waals surface area contributed by atoms with E-state index in [0.29, 0.717) is 5.91 Å². The molecule has 0 aliphatic carbocycles. The third-order valence-electron chi connectivity index (χ3n) is 5.94. The van der Waals surface area contributed by atoms with E-state index in [-0.39, 0.29) is 11.6 Å². The van der Waals surface area contributed by atoms with Gasteiger partial charge in [-0.3, -0.25) is 9.69 Å². The molecule has 3 aliphatic rings. The van der Waals surface area contributed by atoms with E-state index in [1.54, 1.807) is 11.3 Å². The summed E-state index contributed by atoms with van der Waals surface area (Å²) in [6.45, 7) is 4.80. The summed E-state index contributed by atoms with van der Waals surface area (Å²) >= 11 is 1.74. The van der Waals surface area contributed by atoms with Gasteiger partial charge in [0, 0.05) is 43.2 Å². The minimum Gasteiger partial charge on any atom is -0.376 e. The first kappa shape index (κ1) is 16.5. The quantitative estimate of drug-likeness (QED) is 0.838. The Kier molecular flexibility index (Phi) is 4.88. The molecule has 0 N–H and O–H groups in total. The van der Waals surface area contributed by atoms with E-state index in [1.807, 2.05) is 11.6 Å². The molecule has 4 heterocycles. The summed E-state index contributed by atoms with van der Waals surface area (Å²) in [5, 5.41) is 3.25. The van der Waals surface area contributed by atoms with E-state index < -0.39 is 0 Å². The molecule has 1 amide bonds. The molecule has 0 radical (unpaired) electrons. The zero-order valence-corrected chi connectivity index (χ0v) is 15.1. The molecule has 1 aromatic rings. The number of rotatable bonds is 4. The lowest BCUT2D eigenvalue weighted by Gasteiger charge is -2.39. The third-order valence-corrected chi connectivity index (χ3v) is 6.70. The highest BCUT2D eigenvalue weighted by Gasteiger charge is 2.46. The fourth-order valence-electron chi connectivity index (χ4n) is 4.60. The van der Waals surface area contributed by atoms with Crippen molar-refractivity contribution in [3.63, 3.8) is 0 Å². The summed E-state index contributed by atoms with van der Waals surface area (Å²) in [4.78, 5) is 21.7. The van der Waals surface area contributed by atoms with Gasteiger partial charge in [-0.25, -0.2) is 4.98 Å². The molecular weight excluding hydrogens is 322 g/mol. The first-order chi connectivity index (χ1) is 11.8. The molecule has 5 nitrogen and oxygen atoms in total. The van der Waals surface area contributed by atoms with Gasteiger partial charge in [0.2, 0.25) is 5.91 Å². The van der Waals surface area contributed by atoms with Crippen LogP contribution in [0.15, 0.2) is 11.6 Å². The molecule has 3 fully saturated rings. The predicted octanol–water partition coefficient (Wildman–Crippen LogP) is 2.67. The Hall–Kier alpha value is -0.980. The van der Waals surface area contributed by atoms with Crippen LogP contribution in [0.1, 0.15) is 50.0 Å². The summed E-state index contributed by atoms with van der Waals surface area (Å²) < 4.78 is 5.81. The molecule has 0 unspecified atom stereocenters. The smallest absolute Gasteiger partial charge is 0.223 e. The highest BCUT2D eigenvalue weighted by atomic mass is 32.1. The lowest BCUT2D eigenvalue weighted by atomic mass is 9.87. The lowest BCUT2D eigenvalue weighted by molar-refractivity contribution is -0.133. The molecule has 24 heavy (non-hydrogen) atoms. The van der Waals surface area contributed by atoms with Crippen molar-refractivity contribution in [1.29, 1.82) is 0 Å². The maximum atomic E-state index is 12.5. The second-order valence-electron chi connectivity index (χ2n) is 7.42. The molecule has 1 aromatic heterocycles. The third kappa shape index (κ3) is 3.37. The summed E-state index contributed by atoms with van der Waals surface area (Å²) in [5.41, 5.74) is 0.0840. The second-order valence-corrected chi connectivity index (χ2v) is 8.40. The van der Waals surface area contributed by atoms with Gasteiger partial charge in [0.25, 0.3) is 0 Å². The van der Waals surface area contributed by atoms with Crippen LogP contribution in [0.5, 0.6) is 0 Å². The van der Waals surface area contributed by atoms with Crippen LogP contribution < -0.4 is 0 Å². The molecule has 1 spiro atoms. The molecule has 0 aromatic carbocycles. The largest absolute Gasteiger partial charge is 0.376 e. The van der Waals surface area contributed by atoms with Gasteiger partial charge in [-0.2, -0.15) is 0 Å². The Morgan fingerprint density at radius 1 is 1.29 bits per heavy atom. The molecule has 132 valence electrons. The zero-order chi connectivity index (χ0) is 16.4. The normalized spacial score (nSPS) is 31.9. The van der Waals surface area contributed by atoms with Crippen LogP contribution in [0.2, 0.25) is 0 Å². The van der Waals surface area contributed by atoms with Crippen molar-refractivity contribution in [2.45, 2.75) is 63.1 Å². The molecule has 6 heteroatoms. The number of thiazole rings is 1. The van der Waals surface area contributed by atoms with Crippen LogP contribution in [0.4, 0.5) is 0 Å². The maximum absolute atomic E-state index is 12.5. The predicted molar refractivity (Wildman–Crippen MR) is 93.9 cm³/mol. The van der Waals surface area contributed by atoms with E-state index in [2.05, 4.69) is 14.8 Å². The van der Waals surface area contributed by atoms with Crippen LogP contribution in [-0.4, -0.2) is 58.6 Å². The van der Waals surface area contributed by atoms with Crippen molar-refractivity contribution < 1.29 is 9.53 Å². The SMILES string of the molecule is O=C1CC[C@]2(CCCN(Cc3nccs3)CC2)N1C[C@H]1CCCO1. The van der Waals surface area contributed by atoms with Crippen molar-refractivity contribution in [2.24, 2.45) is 0 Å². The molecule has 0 bridgehead atoms. The van der Waals surface area contributed by atoms with E-state index in [0.717, 1.165) is 71.3 Å². The van der Waals surface area contributed by atoms with Gasteiger partial charge in [0.05, 0.1) is 12.6 Å². The van der Waals surface area contributed by atoms with Crippen molar-refractivity contribution in [2.75, 3.05) is 26.2 Å². The highest BCUT2D eigenvalue weighted by Crippen LogP contribution is 2.40. The molecule has 4 rings (SSSR count). The first-order valence-electron chi connectivity index (χ1n) is 9.28. The average molecular weight is 350 g/mol. The van der Waals surface area contributed by atoms with Crippen LogP contribution in [0.3, 0.4) is 0 Å². The maximum Gasteiger partial charge on any atom is 0.223 e. The van der Waals surface area contributed by atoms with Gasteiger partial charge in [-0.1, -0.05) is 0 Å². The Bertz CT molecular complexity index is 559. The highest BCUT2D eigenvalue weighted by molar-refractivity contribution is 7.09. The molecular formula is C18H27N3O2S. The Labute approximate surface area is 148 Å². The van der Waals surface area contributed by atoms with Crippen LogP contribution in [-0.2, 0) is 16.1 Å². The van der Waals surface area contributed by atoms with Crippen molar-refractivity contribution >= 4 is 17.2 Å². The number of amides is 1. The van der Waals surface area contributed by atoms with Gasteiger partial charge < -0.3 is 9.64 Å². The monoisotopic (exact) mass is 349 g/mol. The summed E-state index contributed by atoms with van der Waals surface area (Å²) in [7, 11) is 0. The lowest BCUT2D eigenvalue weighted by Crippen LogP contribution is -2.49. The topological polar surface area (TPSA) is 45.7 Å². The Balaban J connectivity index is 1.42. The van der Waals surface area contributed by atoms with Crippen LogP contribution in [0.25, 0.3) is 0 Å². The zero-order valence-electron chi connectivity index (χ0n) is 14.3. The van der Waals surface area contributed by atoms with E-state index in [4.69, 9.17) is 4.74 Å². The van der Waals surface area contributed by atoms with Crippen molar-refractivity contribution in [3.8, 4) is 0 Å². The Morgan fingerprint density at radius 3 is 3.04 bits per heavy atom. The number of nitrogens with zero attached hydrogens (tertiary/aromatic N) is 3. The van der Waals surface area contributed by atoms with E-state index in [9.17, 15) is 4.79 Å². The molecule has 2 atom stereocenters. The summed E-state index contributed by atoms with van der Waals surface area (Å²) in [6, 6.07) is 0. The number of ether oxygens (including phenoxy) is 1. The van der Waals surface area contributed by atoms with Crippen LogP contribution >= 0.6 is 11.3 Å². The standard InChI is InChI=1S/C18H27N3O2S/c22-17-4-6-18(21(17)13-15-3-1-11-23-15)5-2-9-20(10-7-18)14-16-19-8-12-24-16/h8,12,15H,1-7,9-11,13-14H2/t15-,18+/m1/s1. The second kappa shape index (κ2) is 7.10. The first-order valence-corrected chi connectivity index (χ1v) is 10.2. The van der Waals surface area contributed by atoms with Crippen LogP contribution in [0, 0.1) is 0 Å². The summed E-state index contributed by atoms with van der Waals surface area (Å²) in [6.07, 6.45) is 9.55. The Morgan fingerprint density at radius 2 is 2.25 bits per heavy atom. The average Bonchev–Trinajstić information content (AvgIpc) is 3.29. The fourth-order valence-corrected chi connectivity index (χ4v) is 5.25. The summed E-state index contributed by atoms with van der Waals surface area (Å²) in [5.74, 6) is 0.346. The fraction of sp³-hybridized carbons (Fsp3) is 0.778. The number of hydrogen-bond donors (Lipinski definition) is 0. The van der Waals surface area contributed by atoms with Gasteiger partial charge in [0.1, 0.15) is 5.01 Å². The molecule has 3 saturated heterocycles. The van der Waals surface area contributed by atoms with Gasteiger partial charge in [-0.05, 0) is 45.1 Å².